The second-order valence-corrected chi connectivity index (χ2v) is 9.23. The molecule has 29 heavy (non-hydrogen) atoms. The number of alkyl carbamates (subject to hydrolysis) is 1. The SMILES string of the molecule is CCOC(=O)[C@H](CSC1(C(C)C)CC=C(C)CC1)NC(=O)OCc1ccccc1. The molecule has 0 aliphatic heterocycles. The van der Waals surface area contributed by atoms with Crippen LogP contribution in [0.5, 0.6) is 0 Å². The van der Waals surface area contributed by atoms with Gasteiger partial charge >= 0.3 is 12.1 Å². The Morgan fingerprint density at radius 1 is 1.21 bits per heavy atom. The zero-order valence-electron chi connectivity index (χ0n) is 17.9. The zero-order valence-corrected chi connectivity index (χ0v) is 18.7. The number of hydrogen-bond acceptors (Lipinski definition) is 5. The van der Waals surface area contributed by atoms with Gasteiger partial charge in [0.25, 0.3) is 0 Å². The number of carbonyl (C=O) groups is 2. The molecule has 0 spiro atoms. The fourth-order valence-electron chi connectivity index (χ4n) is 3.35. The summed E-state index contributed by atoms with van der Waals surface area (Å²) in [7, 11) is 0. The van der Waals surface area contributed by atoms with Crippen LogP contribution < -0.4 is 5.32 Å². The molecule has 1 unspecified atom stereocenters. The molecule has 0 fully saturated rings. The topological polar surface area (TPSA) is 64.6 Å². The van der Waals surface area contributed by atoms with E-state index in [2.05, 4.69) is 32.2 Å². The molecule has 2 rings (SSSR count). The fraction of sp³-hybridized carbons (Fsp3) is 0.565. The van der Waals surface area contributed by atoms with Gasteiger partial charge in [-0.3, -0.25) is 0 Å². The minimum Gasteiger partial charge on any atom is -0.464 e. The maximum atomic E-state index is 12.4. The highest BCUT2D eigenvalue weighted by atomic mass is 32.2. The predicted octanol–water partition coefficient (Wildman–Crippen LogP) is 5.10. The molecule has 1 aliphatic rings. The molecule has 1 aliphatic carbocycles. The Balaban J connectivity index is 1.98. The molecule has 160 valence electrons. The average molecular weight is 420 g/mol. The lowest BCUT2D eigenvalue weighted by Crippen LogP contribution is -2.45. The quantitative estimate of drug-likeness (QED) is 0.445. The van der Waals surface area contributed by atoms with E-state index in [9.17, 15) is 9.59 Å². The molecule has 1 amide bonds. The van der Waals surface area contributed by atoms with Crippen LogP contribution in [-0.4, -0.2) is 35.2 Å². The first kappa shape index (κ1) is 23.3. The minimum absolute atomic E-state index is 0.0693. The summed E-state index contributed by atoms with van der Waals surface area (Å²) in [5.41, 5.74) is 2.32. The van der Waals surface area contributed by atoms with Gasteiger partial charge in [-0.05, 0) is 44.6 Å². The van der Waals surface area contributed by atoms with Gasteiger partial charge in [0.1, 0.15) is 12.6 Å². The number of rotatable bonds is 9. The van der Waals surface area contributed by atoms with Crippen LogP contribution >= 0.6 is 11.8 Å². The average Bonchev–Trinajstić information content (AvgIpc) is 2.71. The molecule has 0 bridgehead atoms. The van der Waals surface area contributed by atoms with Crippen molar-refractivity contribution >= 4 is 23.8 Å². The molecule has 2 atom stereocenters. The van der Waals surface area contributed by atoms with Crippen molar-refractivity contribution in [2.45, 2.75) is 64.4 Å². The number of amides is 1. The summed E-state index contributed by atoms with van der Waals surface area (Å²) < 4.78 is 10.5. The van der Waals surface area contributed by atoms with Crippen LogP contribution in [0.15, 0.2) is 42.0 Å². The van der Waals surface area contributed by atoms with E-state index in [1.165, 1.54) is 5.57 Å². The van der Waals surface area contributed by atoms with Crippen molar-refractivity contribution in [3.05, 3.63) is 47.5 Å². The fourth-order valence-corrected chi connectivity index (χ4v) is 4.85. The molecule has 0 aromatic heterocycles. The lowest BCUT2D eigenvalue weighted by atomic mass is 9.82. The largest absolute Gasteiger partial charge is 0.464 e. The van der Waals surface area contributed by atoms with E-state index in [4.69, 9.17) is 9.47 Å². The van der Waals surface area contributed by atoms with Crippen LogP contribution in [0.1, 0.15) is 52.5 Å². The predicted molar refractivity (Wildman–Crippen MR) is 118 cm³/mol. The highest BCUT2D eigenvalue weighted by Crippen LogP contribution is 2.44. The summed E-state index contributed by atoms with van der Waals surface area (Å²) in [5.74, 6) is 0.507. The van der Waals surface area contributed by atoms with E-state index in [0.717, 1.165) is 24.8 Å². The number of thioether (sulfide) groups is 1. The molecule has 0 radical (unpaired) electrons. The summed E-state index contributed by atoms with van der Waals surface area (Å²) in [6, 6.07) is 8.73. The van der Waals surface area contributed by atoms with Crippen molar-refractivity contribution in [1.82, 2.24) is 5.32 Å². The van der Waals surface area contributed by atoms with E-state index in [-0.39, 0.29) is 18.0 Å². The van der Waals surface area contributed by atoms with Gasteiger partial charge in [-0.2, -0.15) is 11.8 Å². The maximum Gasteiger partial charge on any atom is 0.408 e. The number of hydrogen-bond donors (Lipinski definition) is 1. The Bertz CT molecular complexity index is 704. The second-order valence-electron chi connectivity index (χ2n) is 7.80. The molecular formula is C23H33NO4S. The van der Waals surface area contributed by atoms with E-state index >= 15 is 0 Å². The van der Waals surface area contributed by atoms with E-state index in [0.29, 0.717) is 11.7 Å². The molecule has 5 nitrogen and oxygen atoms in total. The van der Waals surface area contributed by atoms with Gasteiger partial charge in [0.05, 0.1) is 6.61 Å². The number of ether oxygens (including phenoxy) is 2. The molecule has 0 saturated heterocycles. The Kier molecular flexibility index (Phi) is 9.08. The Hall–Kier alpha value is -1.95. The van der Waals surface area contributed by atoms with Gasteiger partial charge in [0, 0.05) is 10.5 Å². The Morgan fingerprint density at radius 3 is 2.52 bits per heavy atom. The summed E-state index contributed by atoms with van der Waals surface area (Å²) in [4.78, 5) is 24.7. The maximum absolute atomic E-state index is 12.4. The van der Waals surface area contributed by atoms with Crippen molar-refractivity contribution in [2.75, 3.05) is 12.4 Å². The van der Waals surface area contributed by atoms with Gasteiger partial charge in [0.2, 0.25) is 0 Å². The summed E-state index contributed by atoms with van der Waals surface area (Å²) in [6.45, 7) is 8.82. The third-order valence-electron chi connectivity index (χ3n) is 5.40. The van der Waals surface area contributed by atoms with Gasteiger partial charge in [0.15, 0.2) is 0 Å². The number of esters is 1. The Morgan fingerprint density at radius 2 is 1.93 bits per heavy atom. The van der Waals surface area contributed by atoms with Gasteiger partial charge in [-0.15, -0.1) is 0 Å². The van der Waals surface area contributed by atoms with E-state index in [1.54, 1.807) is 18.7 Å². The molecule has 1 N–H and O–H groups in total. The number of benzene rings is 1. The summed E-state index contributed by atoms with van der Waals surface area (Å²) in [6.07, 6.45) is 4.82. The molecule has 0 saturated carbocycles. The first-order valence-electron chi connectivity index (χ1n) is 10.3. The van der Waals surface area contributed by atoms with E-state index < -0.39 is 18.1 Å². The van der Waals surface area contributed by atoms with Crippen molar-refractivity contribution in [3.8, 4) is 0 Å². The van der Waals surface area contributed by atoms with Crippen LogP contribution in [-0.2, 0) is 20.9 Å². The van der Waals surface area contributed by atoms with Crippen LogP contribution in [0.4, 0.5) is 4.79 Å². The smallest absolute Gasteiger partial charge is 0.408 e. The van der Waals surface area contributed by atoms with Crippen LogP contribution in [0.3, 0.4) is 0 Å². The van der Waals surface area contributed by atoms with Crippen LogP contribution in [0.2, 0.25) is 0 Å². The minimum atomic E-state index is -0.731. The van der Waals surface area contributed by atoms with E-state index in [1.807, 2.05) is 30.3 Å². The zero-order chi connectivity index (χ0) is 21.3. The van der Waals surface area contributed by atoms with Crippen molar-refractivity contribution in [1.29, 1.82) is 0 Å². The van der Waals surface area contributed by atoms with Crippen molar-refractivity contribution < 1.29 is 19.1 Å². The van der Waals surface area contributed by atoms with Crippen molar-refractivity contribution in [2.24, 2.45) is 5.92 Å². The standard InChI is InChI=1S/C23H33NO4S/c1-5-27-21(25)20(24-22(26)28-15-19-9-7-6-8-10-19)16-29-23(17(2)3)13-11-18(4)12-14-23/h6-11,17,20H,5,12-16H2,1-4H3,(H,24,26)/t20-,23?/m0/s1. The Labute approximate surface area is 178 Å². The van der Waals surface area contributed by atoms with Crippen LogP contribution in [0, 0.1) is 5.92 Å². The second kappa shape index (κ2) is 11.3. The van der Waals surface area contributed by atoms with Gasteiger partial charge in [-0.1, -0.05) is 55.8 Å². The summed E-state index contributed by atoms with van der Waals surface area (Å²) >= 11 is 1.76. The lowest BCUT2D eigenvalue weighted by Gasteiger charge is -2.40. The molecule has 1 aromatic carbocycles. The first-order valence-corrected chi connectivity index (χ1v) is 11.3. The number of nitrogens with one attached hydrogen (secondary N) is 1. The number of carbonyl (C=O) groups excluding carboxylic acids is 2. The molecule has 6 heteroatoms. The normalized spacial score (nSPS) is 20.0. The monoisotopic (exact) mass is 419 g/mol. The highest BCUT2D eigenvalue weighted by molar-refractivity contribution is 8.00. The third kappa shape index (κ3) is 7.11. The highest BCUT2D eigenvalue weighted by Gasteiger charge is 2.37. The van der Waals surface area contributed by atoms with Gasteiger partial charge in [-0.25, -0.2) is 9.59 Å². The molecular weight excluding hydrogens is 386 g/mol. The van der Waals surface area contributed by atoms with Gasteiger partial charge < -0.3 is 14.8 Å². The first-order chi connectivity index (χ1) is 13.9. The molecule has 0 heterocycles. The molecule has 1 aromatic rings. The summed E-state index contributed by atoms with van der Waals surface area (Å²) in [5, 5.41) is 2.70. The lowest BCUT2D eigenvalue weighted by molar-refractivity contribution is -0.144. The number of allylic oxidation sites excluding steroid dienone is 2. The van der Waals surface area contributed by atoms with Crippen molar-refractivity contribution in [3.63, 3.8) is 0 Å². The van der Waals surface area contributed by atoms with Crippen LogP contribution in [0.25, 0.3) is 0 Å². The third-order valence-corrected chi connectivity index (χ3v) is 7.32.